The summed E-state index contributed by atoms with van der Waals surface area (Å²) in [6.45, 7) is 0. The molecule has 1 aliphatic heterocycles. The van der Waals surface area contributed by atoms with Crippen LogP contribution in [0, 0.1) is 0 Å². The van der Waals surface area contributed by atoms with Gasteiger partial charge in [-0.1, -0.05) is 0 Å². The minimum atomic E-state index is -0.638. The van der Waals surface area contributed by atoms with E-state index in [1.165, 1.54) is 7.11 Å². The molecule has 0 spiro atoms. The zero-order valence-electron chi connectivity index (χ0n) is 9.81. The number of aromatic hydroxyl groups is 1. The zero-order chi connectivity index (χ0) is 12.3. The molecule has 1 aromatic carbocycles. The molecule has 0 aliphatic carbocycles. The Morgan fingerprint density at radius 1 is 1.41 bits per heavy atom. The Balaban J connectivity index is 1.99. The minimum absolute atomic E-state index is 0.136. The molecule has 0 atom stereocenters. The van der Waals surface area contributed by atoms with Crippen molar-refractivity contribution in [3.63, 3.8) is 0 Å². The van der Waals surface area contributed by atoms with Crippen LogP contribution in [0.1, 0.15) is 12.8 Å². The van der Waals surface area contributed by atoms with Crippen molar-refractivity contribution < 1.29 is 14.1 Å². The summed E-state index contributed by atoms with van der Waals surface area (Å²) in [6, 6.07) is 5.62. The number of phenolic OH excluding ortho intramolecular Hbond substituents is 1. The average molecular weight is 255 g/mol. The smallest absolute Gasteiger partial charge is 0.160 e. The van der Waals surface area contributed by atoms with Crippen LogP contribution in [-0.4, -0.2) is 34.0 Å². The highest BCUT2D eigenvalue weighted by Crippen LogP contribution is 2.29. The van der Waals surface area contributed by atoms with E-state index >= 15 is 0 Å². The predicted molar refractivity (Wildman–Crippen MR) is 69.2 cm³/mol. The van der Waals surface area contributed by atoms with Gasteiger partial charge in [0.05, 0.1) is 7.11 Å². The van der Waals surface area contributed by atoms with E-state index in [1.54, 1.807) is 12.1 Å². The number of nitrogens with one attached hydrogen (secondary N) is 1. The first-order chi connectivity index (χ1) is 8.19. The number of phenols is 1. The highest BCUT2D eigenvalue weighted by atomic mass is 32.2. The van der Waals surface area contributed by atoms with Crippen molar-refractivity contribution in [2.75, 3.05) is 23.9 Å². The molecule has 1 saturated heterocycles. The van der Waals surface area contributed by atoms with Crippen LogP contribution in [0.25, 0.3) is 0 Å². The van der Waals surface area contributed by atoms with E-state index in [2.05, 4.69) is 5.32 Å². The van der Waals surface area contributed by atoms with Gasteiger partial charge in [0.15, 0.2) is 11.5 Å². The molecule has 2 rings (SSSR count). The fraction of sp³-hybridized carbons (Fsp3) is 0.500. The van der Waals surface area contributed by atoms with Gasteiger partial charge in [-0.05, 0) is 25.0 Å². The van der Waals surface area contributed by atoms with E-state index in [1.807, 2.05) is 6.07 Å². The number of hydrogen-bond donors (Lipinski definition) is 2. The second-order valence-electron chi connectivity index (χ2n) is 4.15. The van der Waals surface area contributed by atoms with Crippen LogP contribution in [0.2, 0.25) is 0 Å². The molecule has 1 heterocycles. The van der Waals surface area contributed by atoms with E-state index in [4.69, 9.17) is 4.74 Å². The summed E-state index contributed by atoms with van der Waals surface area (Å²) in [5.74, 6) is 2.14. The van der Waals surface area contributed by atoms with Crippen LogP contribution >= 0.6 is 0 Å². The van der Waals surface area contributed by atoms with Gasteiger partial charge in [0, 0.05) is 40.1 Å². The molecule has 0 unspecified atom stereocenters. The molecule has 94 valence electrons. The Kier molecular flexibility index (Phi) is 3.89. The zero-order valence-corrected chi connectivity index (χ0v) is 10.6. The van der Waals surface area contributed by atoms with Gasteiger partial charge in [0.1, 0.15) is 0 Å². The van der Waals surface area contributed by atoms with Crippen molar-refractivity contribution in [1.29, 1.82) is 0 Å². The maximum absolute atomic E-state index is 11.2. The molecule has 2 N–H and O–H groups in total. The van der Waals surface area contributed by atoms with Gasteiger partial charge in [0.25, 0.3) is 0 Å². The summed E-state index contributed by atoms with van der Waals surface area (Å²) in [6.07, 6.45) is 1.83. The van der Waals surface area contributed by atoms with Gasteiger partial charge in [-0.2, -0.15) is 0 Å². The Morgan fingerprint density at radius 2 is 2.12 bits per heavy atom. The summed E-state index contributed by atoms with van der Waals surface area (Å²) in [7, 11) is 0.889. The largest absolute Gasteiger partial charge is 0.504 e. The molecule has 4 nitrogen and oxygen atoms in total. The van der Waals surface area contributed by atoms with Crippen LogP contribution in [-0.2, 0) is 10.8 Å². The monoisotopic (exact) mass is 255 g/mol. The van der Waals surface area contributed by atoms with Gasteiger partial charge < -0.3 is 15.2 Å². The minimum Gasteiger partial charge on any atom is -0.504 e. The second kappa shape index (κ2) is 5.40. The molecule has 5 heteroatoms. The maximum Gasteiger partial charge on any atom is 0.160 e. The van der Waals surface area contributed by atoms with Crippen molar-refractivity contribution in [1.82, 2.24) is 0 Å². The summed E-state index contributed by atoms with van der Waals surface area (Å²) < 4.78 is 16.2. The molecule has 0 bridgehead atoms. The maximum atomic E-state index is 11.2. The summed E-state index contributed by atoms with van der Waals surface area (Å²) in [4.78, 5) is 0. The third-order valence-corrected chi connectivity index (χ3v) is 4.32. The van der Waals surface area contributed by atoms with Crippen molar-refractivity contribution in [2.24, 2.45) is 0 Å². The van der Waals surface area contributed by atoms with Crippen LogP contribution < -0.4 is 10.1 Å². The average Bonchev–Trinajstić information content (AvgIpc) is 2.32. The lowest BCUT2D eigenvalue weighted by molar-refractivity contribution is 0.373. The highest BCUT2D eigenvalue weighted by molar-refractivity contribution is 7.85. The number of benzene rings is 1. The van der Waals surface area contributed by atoms with Crippen molar-refractivity contribution in [3.05, 3.63) is 18.2 Å². The van der Waals surface area contributed by atoms with Crippen LogP contribution in [0.3, 0.4) is 0 Å². The summed E-state index contributed by atoms with van der Waals surface area (Å²) >= 11 is 0. The van der Waals surface area contributed by atoms with E-state index in [0.29, 0.717) is 11.8 Å². The quantitative estimate of drug-likeness (QED) is 0.863. The van der Waals surface area contributed by atoms with Gasteiger partial charge in [0.2, 0.25) is 0 Å². The van der Waals surface area contributed by atoms with Gasteiger partial charge in [-0.3, -0.25) is 4.21 Å². The van der Waals surface area contributed by atoms with Crippen molar-refractivity contribution >= 4 is 16.5 Å². The van der Waals surface area contributed by atoms with Crippen molar-refractivity contribution in [3.8, 4) is 11.5 Å². The SMILES string of the molecule is COc1ccc(NC2CCS(=O)CC2)cc1O. The molecular formula is C12H17NO3S. The van der Waals surface area contributed by atoms with Crippen LogP contribution in [0.15, 0.2) is 18.2 Å². The Hall–Kier alpha value is -1.23. The number of methoxy groups -OCH3 is 1. The summed E-state index contributed by atoms with van der Waals surface area (Å²) in [5.41, 5.74) is 0.876. The Labute approximate surface area is 103 Å². The Morgan fingerprint density at radius 3 is 2.71 bits per heavy atom. The lowest BCUT2D eigenvalue weighted by Gasteiger charge is -2.23. The van der Waals surface area contributed by atoms with E-state index < -0.39 is 10.8 Å². The number of rotatable bonds is 3. The first-order valence-corrected chi connectivity index (χ1v) is 7.16. The molecule has 0 amide bonds. The molecule has 0 aromatic heterocycles. The summed E-state index contributed by atoms with van der Waals surface area (Å²) in [5, 5.41) is 13.0. The molecule has 1 aromatic rings. The van der Waals surface area contributed by atoms with Gasteiger partial charge >= 0.3 is 0 Å². The molecule has 0 saturated carbocycles. The van der Waals surface area contributed by atoms with Gasteiger partial charge in [-0.15, -0.1) is 0 Å². The predicted octanol–water partition coefficient (Wildman–Crippen LogP) is 1.72. The number of hydrogen-bond acceptors (Lipinski definition) is 4. The number of ether oxygens (including phenoxy) is 1. The van der Waals surface area contributed by atoms with E-state index in [-0.39, 0.29) is 5.75 Å². The second-order valence-corrected chi connectivity index (χ2v) is 5.85. The van der Waals surface area contributed by atoms with E-state index in [9.17, 15) is 9.32 Å². The van der Waals surface area contributed by atoms with Crippen LogP contribution in [0.4, 0.5) is 5.69 Å². The lowest BCUT2D eigenvalue weighted by atomic mass is 10.1. The highest BCUT2D eigenvalue weighted by Gasteiger charge is 2.17. The normalized spacial score (nSPS) is 24.3. The molecule has 1 fully saturated rings. The fourth-order valence-electron chi connectivity index (χ4n) is 1.95. The molecule has 0 radical (unpaired) electrons. The topological polar surface area (TPSA) is 58.6 Å². The third kappa shape index (κ3) is 3.12. The first kappa shape index (κ1) is 12.2. The van der Waals surface area contributed by atoms with Crippen LogP contribution in [0.5, 0.6) is 11.5 Å². The Bertz CT molecular complexity index is 412. The molecular weight excluding hydrogens is 238 g/mol. The standard InChI is InChI=1S/C12H17NO3S/c1-16-12-3-2-10(8-11(12)14)13-9-4-6-17(15)7-5-9/h2-3,8-9,13-14H,4-7H2,1H3. The lowest BCUT2D eigenvalue weighted by Crippen LogP contribution is -2.29. The van der Waals surface area contributed by atoms with E-state index in [0.717, 1.165) is 30.0 Å². The van der Waals surface area contributed by atoms with Crippen molar-refractivity contribution in [2.45, 2.75) is 18.9 Å². The number of anilines is 1. The first-order valence-electron chi connectivity index (χ1n) is 5.67. The molecule has 17 heavy (non-hydrogen) atoms. The van der Waals surface area contributed by atoms with Gasteiger partial charge in [-0.25, -0.2) is 0 Å². The fourth-order valence-corrected chi connectivity index (χ4v) is 3.25. The molecule has 1 aliphatic rings. The third-order valence-electron chi connectivity index (χ3n) is 2.94.